The van der Waals surface area contributed by atoms with Gasteiger partial charge in [-0.05, 0) is 76.5 Å². The average Bonchev–Trinajstić information content (AvgIpc) is 3.21. The number of nitrogens with zero attached hydrogens (tertiary/aromatic N) is 4. The Morgan fingerprint density at radius 2 is 1.94 bits per heavy atom. The molecular formula is C22H27BrN6O3. The van der Waals surface area contributed by atoms with Gasteiger partial charge < -0.3 is 20.1 Å². The van der Waals surface area contributed by atoms with Crippen LogP contribution in [0.4, 0.5) is 11.6 Å². The van der Waals surface area contributed by atoms with Crippen molar-refractivity contribution in [1.29, 1.82) is 0 Å². The largest absolute Gasteiger partial charge is 0.490 e. The first-order valence-electron chi connectivity index (χ1n) is 10.4. The quantitative estimate of drug-likeness (QED) is 0.405. The number of carbonyl (C=O) groups is 1. The van der Waals surface area contributed by atoms with E-state index in [0.29, 0.717) is 35.1 Å². The normalized spacial score (nSPS) is 10.6. The molecule has 32 heavy (non-hydrogen) atoms. The van der Waals surface area contributed by atoms with Gasteiger partial charge in [0.05, 0.1) is 11.1 Å². The summed E-state index contributed by atoms with van der Waals surface area (Å²) in [4.78, 5) is 12.3. The molecule has 0 aliphatic heterocycles. The lowest BCUT2D eigenvalue weighted by Gasteiger charge is -2.16. The number of tetrazole rings is 1. The Kier molecular flexibility index (Phi) is 8.43. The summed E-state index contributed by atoms with van der Waals surface area (Å²) in [6.07, 6.45) is 0.934. The second-order valence-electron chi connectivity index (χ2n) is 7.12. The second-order valence-corrected chi connectivity index (χ2v) is 7.97. The zero-order valence-corrected chi connectivity index (χ0v) is 20.0. The molecule has 1 amide bonds. The molecule has 3 rings (SSSR count). The minimum atomic E-state index is -0.253. The fraction of sp³-hybridized carbons (Fsp3) is 0.364. The van der Waals surface area contributed by atoms with Crippen molar-refractivity contribution in [2.45, 2.75) is 40.3 Å². The Morgan fingerprint density at radius 3 is 2.66 bits per heavy atom. The highest BCUT2D eigenvalue weighted by atomic mass is 79.9. The molecular weight excluding hydrogens is 476 g/mol. The molecule has 3 aromatic rings. The fourth-order valence-corrected chi connectivity index (χ4v) is 3.58. The number of rotatable bonds is 11. The van der Waals surface area contributed by atoms with Gasteiger partial charge in [0.2, 0.25) is 5.95 Å². The number of ether oxygens (including phenoxy) is 2. The van der Waals surface area contributed by atoms with Crippen molar-refractivity contribution in [2.24, 2.45) is 0 Å². The van der Waals surface area contributed by atoms with Crippen LogP contribution >= 0.6 is 15.9 Å². The van der Waals surface area contributed by atoms with Crippen LogP contribution in [0.15, 0.2) is 40.9 Å². The Hall–Kier alpha value is -3.14. The Balaban J connectivity index is 1.65. The number of hydrogen-bond acceptors (Lipinski definition) is 7. The van der Waals surface area contributed by atoms with Gasteiger partial charge in [-0.2, -0.15) is 0 Å². The summed E-state index contributed by atoms with van der Waals surface area (Å²) < 4.78 is 14.0. The van der Waals surface area contributed by atoms with E-state index in [9.17, 15) is 4.79 Å². The third kappa shape index (κ3) is 6.43. The third-order valence-electron chi connectivity index (χ3n) is 4.47. The van der Waals surface area contributed by atoms with Gasteiger partial charge >= 0.3 is 0 Å². The number of anilines is 2. The molecule has 0 atom stereocenters. The van der Waals surface area contributed by atoms with E-state index in [4.69, 9.17) is 9.47 Å². The summed E-state index contributed by atoms with van der Waals surface area (Å²) in [6, 6.07) is 11.4. The van der Waals surface area contributed by atoms with Crippen molar-refractivity contribution >= 4 is 33.5 Å². The van der Waals surface area contributed by atoms with Gasteiger partial charge in [-0.1, -0.05) is 29.7 Å². The van der Waals surface area contributed by atoms with E-state index in [2.05, 4.69) is 49.0 Å². The van der Waals surface area contributed by atoms with Crippen molar-refractivity contribution in [2.75, 3.05) is 23.8 Å². The molecule has 2 aromatic carbocycles. The van der Waals surface area contributed by atoms with Crippen molar-refractivity contribution in [3.63, 3.8) is 0 Å². The molecule has 0 radical (unpaired) electrons. The van der Waals surface area contributed by atoms with Crippen LogP contribution in [0.1, 0.15) is 31.4 Å². The number of nitrogens with one attached hydrogen (secondary N) is 2. The Bertz CT molecular complexity index is 1040. The van der Waals surface area contributed by atoms with Crippen LogP contribution in [-0.4, -0.2) is 39.3 Å². The van der Waals surface area contributed by atoms with Crippen LogP contribution in [0.25, 0.3) is 0 Å². The first kappa shape index (κ1) is 23.5. The zero-order chi connectivity index (χ0) is 22.9. The lowest BCUT2D eigenvalue weighted by Crippen LogP contribution is -2.20. The van der Waals surface area contributed by atoms with E-state index >= 15 is 0 Å². The maximum atomic E-state index is 12.3. The fourth-order valence-electron chi connectivity index (χ4n) is 2.97. The minimum absolute atomic E-state index is 0.143. The van der Waals surface area contributed by atoms with E-state index < -0.39 is 0 Å². The first-order chi connectivity index (χ1) is 15.5. The van der Waals surface area contributed by atoms with Crippen LogP contribution in [0, 0.1) is 6.92 Å². The van der Waals surface area contributed by atoms with Crippen molar-refractivity contribution < 1.29 is 14.3 Å². The molecule has 0 spiro atoms. The number of benzene rings is 2. The minimum Gasteiger partial charge on any atom is -0.490 e. The van der Waals surface area contributed by atoms with E-state index in [-0.39, 0.29) is 12.5 Å². The molecule has 0 saturated carbocycles. The number of halogens is 1. The maximum Gasteiger partial charge on any atom is 0.262 e. The van der Waals surface area contributed by atoms with E-state index in [0.717, 1.165) is 29.8 Å². The topological polar surface area (TPSA) is 103 Å². The van der Waals surface area contributed by atoms with Crippen LogP contribution in [-0.2, 0) is 17.9 Å². The lowest BCUT2D eigenvalue weighted by molar-refractivity contribution is -0.118. The van der Waals surface area contributed by atoms with E-state index in [1.165, 1.54) is 0 Å². The zero-order valence-electron chi connectivity index (χ0n) is 18.4. The molecule has 9 nitrogen and oxygen atoms in total. The highest BCUT2D eigenvalue weighted by Gasteiger charge is 2.15. The van der Waals surface area contributed by atoms with Gasteiger partial charge in [0.15, 0.2) is 18.1 Å². The van der Waals surface area contributed by atoms with E-state index in [1.807, 2.05) is 50.2 Å². The highest BCUT2D eigenvalue weighted by molar-refractivity contribution is 9.10. The van der Waals surface area contributed by atoms with Crippen LogP contribution in [0.3, 0.4) is 0 Å². The molecule has 1 heterocycles. The Morgan fingerprint density at radius 1 is 1.16 bits per heavy atom. The van der Waals surface area contributed by atoms with Gasteiger partial charge in [0, 0.05) is 18.8 Å². The average molecular weight is 503 g/mol. The molecule has 2 N–H and O–H groups in total. The number of hydrogen-bond donors (Lipinski definition) is 2. The maximum absolute atomic E-state index is 12.3. The molecule has 0 fully saturated rings. The summed E-state index contributed by atoms with van der Waals surface area (Å²) in [7, 11) is 0. The summed E-state index contributed by atoms with van der Waals surface area (Å²) in [6.45, 7) is 7.51. The lowest BCUT2D eigenvalue weighted by atomic mass is 10.2. The number of aromatic nitrogens is 4. The summed E-state index contributed by atoms with van der Waals surface area (Å²) in [5.74, 6) is 1.38. The standard InChI is InChI=1S/C22H27BrN6O3/c1-4-10-29-22(26-27-28-29)24-13-16-11-18(23)21(19(12-16)31-5-2)32-14-20(30)25-17-8-6-15(3)7-9-17/h6-9,11-12H,4-5,10,13-14H2,1-3H3,(H,25,30)(H,24,26,28). The first-order valence-corrected chi connectivity index (χ1v) is 11.2. The molecule has 0 unspecified atom stereocenters. The van der Waals surface area contributed by atoms with Crippen molar-refractivity contribution in [3.8, 4) is 11.5 Å². The molecule has 0 saturated heterocycles. The van der Waals surface area contributed by atoms with Gasteiger partial charge in [-0.3, -0.25) is 4.79 Å². The van der Waals surface area contributed by atoms with Crippen molar-refractivity contribution in [3.05, 3.63) is 52.0 Å². The van der Waals surface area contributed by atoms with Gasteiger partial charge in [0.1, 0.15) is 0 Å². The monoisotopic (exact) mass is 502 g/mol. The van der Waals surface area contributed by atoms with Crippen molar-refractivity contribution in [1.82, 2.24) is 20.2 Å². The molecule has 1 aromatic heterocycles. The predicted octanol–water partition coefficient (Wildman–Crippen LogP) is 4.18. The summed E-state index contributed by atoms with van der Waals surface area (Å²) >= 11 is 3.54. The number of amides is 1. The van der Waals surface area contributed by atoms with Gasteiger partial charge in [0.25, 0.3) is 5.91 Å². The summed E-state index contributed by atoms with van der Waals surface area (Å²) in [5, 5.41) is 17.8. The van der Waals surface area contributed by atoms with Gasteiger partial charge in [-0.15, -0.1) is 0 Å². The predicted molar refractivity (Wildman–Crippen MR) is 126 cm³/mol. The van der Waals surface area contributed by atoms with Gasteiger partial charge in [-0.25, -0.2) is 4.68 Å². The smallest absolute Gasteiger partial charge is 0.262 e. The van der Waals surface area contributed by atoms with Crippen LogP contribution in [0.5, 0.6) is 11.5 Å². The SMILES string of the molecule is CCCn1nnnc1NCc1cc(Br)c(OCC(=O)Nc2ccc(C)cc2)c(OCC)c1. The van der Waals surface area contributed by atoms with E-state index in [1.54, 1.807) is 4.68 Å². The Labute approximate surface area is 195 Å². The second kappa shape index (κ2) is 11.5. The molecule has 0 aliphatic carbocycles. The number of carbonyl (C=O) groups excluding carboxylic acids is 1. The number of aryl methyl sites for hydroxylation is 2. The summed E-state index contributed by atoms with van der Waals surface area (Å²) in [5.41, 5.74) is 2.80. The highest BCUT2D eigenvalue weighted by Crippen LogP contribution is 2.37. The molecule has 170 valence electrons. The molecule has 0 aliphatic rings. The van der Waals surface area contributed by atoms with Crippen LogP contribution in [0.2, 0.25) is 0 Å². The molecule has 10 heteroatoms. The van der Waals surface area contributed by atoms with Crippen LogP contribution < -0.4 is 20.1 Å². The molecule has 0 bridgehead atoms. The third-order valence-corrected chi connectivity index (χ3v) is 5.06.